The molecule has 0 saturated heterocycles. The van der Waals surface area contributed by atoms with E-state index >= 15 is 0 Å². The number of likely N-dealkylation sites (N-methyl/N-ethyl adjacent to an activating group) is 1. The van der Waals surface area contributed by atoms with Crippen molar-refractivity contribution in [1.29, 1.82) is 0 Å². The molecule has 2 aromatic carbocycles. The lowest BCUT2D eigenvalue weighted by atomic mass is 10.1. The molecule has 38 heavy (non-hydrogen) atoms. The van der Waals surface area contributed by atoms with Crippen molar-refractivity contribution >= 4 is 11.7 Å². The Morgan fingerprint density at radius 2 is 1.84 bits per heavy atom. The third kappa shape index (κ3) is 5.64. The highest BCUT2D eigenvalue weighted by molar-refractivity contribution is 5.79. The van der Waals surface area contributed by atoms with Crippen LogP contribution in [0.2, 0.25) is 0 Å². The highest BCUT2D eigenvalue weighted by Crippen LogP contribution is 2.31. The van der Waals surface area contributed by atoms with Crippen LogP contribution in [0.25, 0.3) is 0 Å². The molecule has 0 unspecified atom stereocenters. The summed E-state index contributed by atoms with van der Waals surface area (Å²) in [6.45, 7) is 1.61. The van der Waals surface area contributed by atoms with Gasteiger partial charge in [0.05, 0.1) is 12.6 Å². The second-order valence-electron chi connectivity index (χ2n) is 8.97. The Morgan fingerprint density at radius 1 is 1.16 bits per heavy atom. The number of nitro groups is 1. The maximum absolute atomic E-state index is 13.0. The summed E-state index contributed by atoms with van der Waals surface area (Å²) in [6, 6.07) is 10.5. The number of amides is 1. The van der Waals surface area contributed by atoms with E-state index in [9.17, 15) is 28.1 Å². The van der Waals surface area contributed by atoms with Crippen LogP contribution >= 0.6 is 0 Å². The van der Waals surface area contributed by atoms with Crippen molar-refractivity contribution in [2.75, 3.05) is 20.2 Å². The number of hydrogen-bond acceptors (Lipinski definition) is 8. The van der Waals surface area contributed by atoms with E-state index in [0.717, 1.165) is 11.1 Å². The minimum Gasteiger partial charge on any atom is -0.457 e. The van der Waals surface area contributed by atoms with Gasteiger partial charge in [-0.1, -0.05) is 6.07 Å². The van der Waals surface area contributed by atoms with Crippen LogP contribution in [-0.2, 0) is 24.4 Å². The average molecular weight is 533 g/mol. The Morgan fingerprint density at radius 3 is 2.55 bits per heavy atom. The number of aromatic nitrogens is 2. The van der Waals surface area contributed by atoms with Crippen molar-refractivity contribution in [2.45, 2.75) is 32.0 Å². The van der Waals surface area contributed by atoms with E-state index in [-0.39, 0.29) is 42.7 Å². The van der Waals surface area contributed by atoms with E-state index in [4.69, 9.17) is 9.47 Å². The minimum absolute atomic E-state index is 0.0890. The third-order valence-electron chi connectivity index (χ3n) is 6.28. The molecule has 0 aliphatic carbocycles. The van der Waals surface area contributed by atoms with E-state index in [1.165, 1.54) is 30.5 Å². The van der Waals surface area contributed by atoms with Gasteiger partial charge >= 0.3 is 18.2 Å². The number of carbonyl (C=O) groups excluding carboxylic acids is 1. The highest BCUT2D eigenvalue weighted by atomic mass is 19.4. The first-order chi connectivity index (χ1) is 18.0. The number of ether oxygens (including phenoxy) is 3. The quantitative estimate of drug-likeness (QED) is 0.334. The van der Waals surface area contributed by atoms with Gasteiger partial charge in [0.1, 0.15) is 30.1 Å². The number of benzene rings is 2. The predicted molar refractivity (Wildman–Crippen MR) is 125 cm³/mol. The standard InChI is InChI=1S/C24H22F3N5O6/c1-29(17-11-31-12-21(32(34)35)28-23(31)36-14-17)13-22(33)30-9-15-2-3-20(8-16(15)10-30)37-18-4-6-19(7-5-18)38-24(25,26)27/h2-8,12,17H,9-11,13-14H2,1H3/t17-/m0/s1. The molecule has 3 heterocycles. The van der Waals surface area contributed by atoms with Gasteiger partial charge in [-0.2, -0.15) is 0 Å². The molecular formula is C24H22F3N5O6. The van der Waals surface area contributed by atoms with Gasteiger partial charge in [-0.25, -0.2) is 0 Å². The van der Waals surface area contributed by atoms with Crippen molar-refractivity contribution in [3.8, 4) is 23.3 Å². The Hall–Kier alpha value is -4.33. The van der Waals surface area contributed by atoms with Crippen LogP contribution in [0.4, 0.5) is 19.0 Å². The monoisotopic (exact) mass is 533 g/mol. The summed E-state index contributed by atoms with van der Waals surface area (Å²) in [5.41, 5.74) is 1.88. The zero-order chi connectivity index (χ0) is 27.0. The number of nitrogens with zero attached hydrogens (tertiary/aromatic N) is 5. The predicted octanol–water partition coefficient (Wildman–Crippen LogP) is 3.72. The van der Waals surface area contributed by atoms with Crippen LogP contribution in [-0.4, -0.2) is 62.8 Å². The smallest absolute Gasteiger partial charge is 0.457 e. The van der Waals surface area contributed by atoms with Crippen molar-refractivity contribution in [3.05, 3.63) is 69.9 Å². The third-order valence-corrected chi connectivity index (χ3v) is 6.28. The number of fused-ring (bicyclic) bond motifs is 2. The van der Waals surface area contributed by atoms with Crippen LogP contribution in [0, 0.1) is 10.1 Å². The average Bonchev–Trinajstić information content (AvgIpc) is 3.48. The lowest BCUT2D eigenvalue weighted by Gasteiger charge is -2.31. The molecule has 0 N–H and O–H groups in total. The molecule has 1 amide bonds. The topological polar surface area (TPSA) is 112 Å². The number of hydrogen-bond donors (Lipinski definition) is 0. The molecule has 2 aliphatic rings. The van der Waals surface area contributed by atoms with Gasteiger partial charge in [-0.15, -0.1) is 13.2 Å². The number of imidazole rings is 1. The molecule has 0 spiro atoms. The number of carbonyl (C=O) groups is 1. The Bertz CT molecular complexity index is 1360. The van der Waals surface area contributed by atoms with Crippen LogP contribution in [0.5, 0.6) is 23.3 Å². The molecule has 14 heteroatoms. The summed E-state index contributed by atoms with van der Waals surface area (Å²) in [5, 5.41) is 11.0. The van der Waals surface area contributed by atoms with Crippen LogP contribution < -0.4 is 14.2 Å². The fraction of sp³-hybridized carbons (Fsp3) is 0.333. The Kier molecular flexibility index (Phi) is 6.57. The highest BCUT2D eigenvalue weighted by Gasteiger charge is 2.32. The van der Waals surface area contributed by atoms with Gasteiger partial charge in [-0.3, -0.25) is 14.3 Å². The number of halogens is 3. The molecule has 200 valence electrons. The van der Waals surface area contributed by atoms with E-state index < -0.39 is 11.3 Å². The maximum Gasteiger partial charge on any atom is 0.573 e. The minimum atomic E-state index is -4.77. The second-order valence-corrected chi connectivity index (χ2v) is 8.97. The molecule has 11 nitrogen and oxygen atoms in total. The number of alkyl halides is 3. The zero-order valence-electron chi connectivity index (χ0n) is 20.1. The maximum atomic E-state index is 13.0. The summed E-state index contributed by atoms with van der Waals surface area (Å²) in [6.07, 6.45) is -3.45. The largest absolute Gasteiger partial charge is 0.573 e. The molecule has 0 saturated carbocycles. The number of rotatable bonds is 7. The SMILES string of the molecule is CN(CC(=O)N1Cc2ccc(Oc3ccc(OC(F)(F)F)cc3)cc2C1)[C@@H]1COc2nc([N+](=O)[O-])cn2C1. The zero-order valence-corrected chi connectivity index (χ0v) is 20.1. The van der Waals surface area contributed by atoms with Crippen LogP contribution in [0.3, 0.4) is 0 Å². The fourth-order valence-electron chi connectivity index (χ4n) is 4.34. The van der Waals surface area contributed by atoms with E-state index in [1.54, 1.807) is 28.6 Å². The van der Waals surface area contributed by atoms with Gasteiger partial charge in [-0.05, 0) is 59.5 Å². The van der Waals surface area contributed by atoms with Gasteiger partial charge < -0.3 is 29.2 Å². The second kappa shape index (κ2) is 9.85. The van der Waals surface area contributed by atoms with Crippen LogP contribution in [0.15, 0.2) is 48.7 Å². The van der Waals surface area contributed by atoms with Gasteiger partial charge in [0.15, 0.2) is 0 Å². The van der Waals surface area contributed by atoms with Crippen molar-refractivity contribution in [1.82, 2.24) is 19.4 Å². The summed E-state index contributed by atoms with van der Waals surface area (Å²) in [7, 11) is 1.79. The van der Waals surface area contributed by atoms with Crippen LogP contribution in [0.1, 0.15) is 11.1 Å². The molecule has 1 aromatic heterocycles. The van der Waals surface area contributed by atoms with Crippen molar-refractivity contribution in [3.63, 3.8) is 0 Å². The molecule has 0 fully saturated rings. The first kappa shape index (κ1) is 25.3. The molecule has 0 radical (unpaired) electrons. The molecule has 1 atom stereocenters. The van der Waals surface area contributed by atoms with Crippen molar-refractivity contribution in [2.24, 2.45) is 0 Å². The first-order valence-corrected chi connectivity index (χ1v) is 11.5. The van der Waals surface area contributed by atoms with E-state index in [0.29, 0.717) is 31.1 Å². The summed E-state index contributed by atoms with van der Waals surface area (Å²) in [5.74, 6) is 0.112. The fourth-order valence-corrected chi connectivity index (χ4v) is 4.34. The van der Waals surface area contributed by atoms with Crippen molar-refractivity contribution < 1.29 is 37.1 Å². The Balaban J connectivity index is 1.16. The molecule has 3 aromatic rings. The summed E-state index contributed by atoms with van der Waals surface area (Å²) >= 11 is 0. The lowest BCUT2D eigenvalue weighted by molar-refractivity contribution is -0.389. The molecule has 0 bridgehead atoms. The normalized spacial score (nSPS) is 16.6. The lowest BCUT2D eigenvalue weighted by Crippen LogP contribution is -2.47. The summed E-state index contributed by atoms with van der Waals surface area (Å²) < 4.78 is 53.7. The van der Waals surface area contributed by atoms with Gasteiger partial charge in [0.2, 0.25) is 5.91 Å². The van der Waals surface area contributed by atoms with E-state index in [2.05, 4.69) is 9.72 Å². The van der Waals surface area contributed by atoms with E-state index in [1.807, 2.05) is 11.0 Å². The Labute approximate surface area is 214 Å². The summed E-state index contributed by atoms with van der Waals surface area (Å²) in [4.78, 5) is 30.8. The molecular weight excluding hydrogens is 511 g/mol. The van der Waals surface area contributed by atoms with Gasteiger partial charge in [0.25, 0.3) is 0 Å². The van der Waals surface area contributed by atoms with Gasteiger partial charge in [0, 0.05) is 24.6 Å². The molecule has 5 rings (SSSR count). The first-order valence-electron chi connectivity index (χ1n) is 11.5. The molecule has 2 aliphatic heterocycles.